The molecule has 2 N–H and O–H groups in total. The zero-order valence-corrected chi connectivity index (χ0v) is 19.8. The van der Waals surface area contributed by atoms with Gasteiger partial charge in [-0.3, -0.25) is 14.3 Å². The molecule has 0 saturated heterocycles. The van der Waals surface area contributed by atoms with Crippen molar-refractivity contribution in [2.75, 3.05) is 11.9 Å². The van der Waals surface area contributed by atoms with Crippen LogP contribution in [-0.4, -0.2) is 43.2 Å². The average Bonchev–Trinajstić information content (AvgIpc) is 3.18. The molecule has 0 amide bonds. The predicted molar refractivity (Wildman–Crippen MR) is 134 cm³/mol. The number of carbonyl (C=O) groups excluding carboxylic acids is 1. The fraction of sp³-hybridized carbons (Fsp3) is 0.423. The van der Waals surface area contributed by atoms with E-state index in [0.717, 1.165) is 30.5 Å². The van der Waals surface area contributed by atoms with Gasteiger partial charge >= 0.3 is 5.97 Å². The molecule has 0 aliphatic heterocycles. The predicted octanol–water partition coefficient (Wildman–Crippen LogP) is 5.50. The van der Waals surface area contributed by atoms with Crippen LogP contribution in [0.3, 0.4) is 0 Å². The van der Waals surface area contributed by atoms with E-state index >= 15 is 0 Å². The molecule has 3 rings (SSSR count). The first-order valence-corrected chi connectivity index (χ1v) is 11.9. The van der Waals surface area contributed by atoms with Crippen molar-refractivity contribution in [2.24, 2.45) is 0 Å². The number of allylic oxidation sites excluding steroid dienone is 1. The van der Waals surface area contributed by atoms with Crippen LogP contribution >= 0.6 is 0 Å². The zero-order valence-electron chi connectivity index (χ0n) is 19.8. The normalized spacial score (nSPS) is 11.0. The molecule has 3 aromatic rings. The second kappa shape index (κ2) is 12.6. The number of nitrogens with zero attached hydrogens (tertiary/aromatic N) is 4. The number of aromatic nitrogens is 4. The lowest BCUT2D eigenvalue weighted by atomic mass is 10.0. The van der Waals surface area contributed by atoms with Crippen LogP contribution in [0.15, 0.2) is 43.2 Å². The van der Waals surface area contributed by atoms with E-state index in [1.165, 1.54) is 50.1 Å². The average molecular weight is 464 g/mol. The summed E-state index contributed by atoms with van der Waals surface area (Å²) in [7, 11) is 0. The molecule has 8 heteroatoms. The maximum absolute atomic E-state index is 12.0. The maximum Gasteiger partial charge on any atom is 0.325 e. The smallest absolute Gasteiger partial charge is 0.325 e. The molecule has 0 radical (unpaired) electrons. The maximum atomic E-state index is 12.0. The Morgan fingerprint density at radius 1 is 1.03 bits per heavy atom. The Morgan fingerprint density at radius 3 is 2.35 bits per heavy atom. The molecule has 0 spiro atoms. The van der Waals surface area contributed by atoms with Gasteiger partial charge in [0.25, 0.3) is 0 Å². The highest BCUT2D eigenvalue weighted by molar-refractivity contribution is 6.06. The van der Waals surface area contributed by atoms with Crippen molar-refractivity contribution in [1.82, 2.24) is 19.7 Å². The highest BCUT2D eigenvalue weighted by Gasteiger charge is 2.16. The molecule has 34 heavy (non-hydrogen) atoms. The number of anilines is 1. The highest BCUT2D eigenvalue weighted by atomic mass is 16.4. The molecule has 0 saturated carbocycles. The second-order valence-electron chi connectivity index (χ2n) is 8.46. The van der Waals surface area contributed by atoms with E-state index < -0.39 is 5.97 Å². The van der Waals surface area contributed by atoms with Crippen molar-refractivity contribution in [2.45, 2.75) is 64.8 Å². The topological polar surface area (TPSA) is 110 Å². The molecular formula is C26H33N5O3. The number of fused-ring (bicyclic) bond motifs is 1. The van der Waals surface area contributed by atoms with Gasteiger partial charge in [-0.25, -0.2) is 9.97 Å². The van der Waals surface area contributed by atoms with Crippen LogP contribution in [0.1, 0.15) is 68.8 Å². The number of hydrogen-bond acceptors (Lipinski definition) is 6. The molecule has 2 heterocycles. The van der Waals surface area contributed by atoms with E-state index in [2.05, 4.69) is 27.0 Å². The monoisotopic (exact) mass is 463 g/mol. The Labute approximate surface area is 200 Å². The Bertz CT molecular complexity index is 1120. The van der Waals surface area contributed by atoms with Crippen LogP contribution in [0.5, 0.6) is 0 Å². The summed E-state index contributed by atoms with van der Waals surface area (Å²) in [6, 6.07) is 5.47. The number of carboxylic acids is 1. The number of carboxylic acid groups (broad SMARTS) is 1. The van der Waals surface area contributed by atoms with Crippen LogP contribution in [0.25, 0.3) is 22.0 Å². The third-order valence-corrected chi connectivity index (χ3v) is 5.72. The largest absolute Gasteiger partial charge is 0.480 e. The summed E-state index contributed by atoms with van der Waals surface area (Å²) in [6.07, 6.45) is 15.3. The number of hydrogen-bond donors (Lipinski definition) is 2. The van der Waals surface area contributed by atoms with Crippen LogP contribution < -0.4 is 5.32 Å². The van der Waals surface area contributed by atoms with Gasteiger partial charge in [0.15, 0.2) is 5.78 Å². The first kappa shape index (κ1) is 25.1. The molecule has 2 aromatic heterocycles. The minimum absolute atomic E-state index is 0.213. The number of rotatable bonds is 15. The summed E-state index contributed by atoms with van der Waals surface area (Å²) in [6.45, 7) is 5.71. The van der Waals surface area contributed by atoms with Crippen LogP contribution in [-0.2, 0) is 11.3 Å². The van der Waals surface area contributed by atoms with Gasteiger partial charge in [0, 0.05) is 36.8 Å². The number of benzene rings is 1. The fourth-order valence-corrected chi connectivity index (χ4v) is 3.93. The van der Waals surface area contributed by atoms with Gasteiger partial charge in [-0.05, 0) is 37.0 Å². The number of Topliss-reactive ketones (excluding diaryl/α,β-unsaturated/α-hetero) is 1. The number of unbranched alkanes of at least 4 members (excludes halogenated alkanes) is 7. The molecule has 0 bridgehead atoms. The van der Waals surface area contributed by atoms with Crippen molar-refractivity contribution in [3.05, 3.63) is 48.9 Å². The molecule has 0 fully saturated rings. The SMILES string of the molecule is C=CCCCCCCCCCNc1ncc(-c2ccc3c(c2)c(C(C)=O)nn3CC(=O)O)cn1. The molecule has 0 atom stereocenters. The third kappa shape index (κ3) is 6.97. The van der Waals surface area contributed by atoms with E-state index in [9.17, 15) is 9.59 Å². The van der Waals surface area contributed by atoms with Crippen molar-refractivity contribution in [3.8, 4) is 11.1 Å². The summed E-state index contributed by atoms with van der Waals surface area (Å²) in [4.78, 5) is 32.0. The van der Waals surface area contributed by atoms with Crippen molar-refractivity contribution >= 4 is 28.6 Å². The number of nitrogens with one attached hydrogen (secondary N) is 1. The van der Waals surface area contributed by atoms with E-state index in [0.29, 0.717) is 16.9 Å². The Hall–Kier alpha value is -3.55. The molecule has 8 nitrogen and oxygen atoms in total. The third-order valence-electron chi connectivity index (χ3n) is 5.72. The zero-order chi connectivity index (χ0) is 24.3. The van der Waals surface area contributed by atoms with Gasteiger partial charge in [0.1, 0.15) is 12.2 Å². The molecule has 0 unspecified atom stereocenters. The Kier molecular flexibility index (Phi) is 9.31. The summed E-state index contributed by atoms with van der Waals surface area (Å²) in [5, 5.41) is 17.2. The van der Waals surface area contributed by atoms with E-state index in [1.807, 2.05) is 18.2 Å². The van der Waals surface area contributed by atoms with Gasteiger partial charge in [-0.15, -0.1) is 6.58 Å². The van der Waals surface area contributed by atoms with Crippen LogP contribution in [0.2, 0.25) is 0 Å². The summed E-state index contributed by atoms with van der Waals surface area (Å²) < 4.78 is 1.34. The number of carbonyl (C=O) groups is 2. The van der Waals surface area contributed by atoms with Crippen molar-refractivity contribution in [3.63, 3.8) is 0 Å². The second-order valence-corrected chi connectivity index (χ2v) is 8.46. The first-order valence-electron chi connectivity index (χ1n) is 11.9. The van der Waals surface area contributed by atoms with Gasteiger partial charge in [-0.1, -0.05) is 44.2 Å². The molecule has 1 aromatic carbocycles. The van der Waals surface area contributed by atoms with Gasteiger partial charge < -0.3 is 10.4 Å². The van der Waals surface area contributed by atoms with E-state index in [1.54, 1.807) is 18.5 Å². The van der Waals surface area contributed by atoms with E-state index in [-0.39, 0.29) is 18.0 Å². The first-order chi connectivity index (χ1) is 16.5. The Morgan fingerprint density at radius 2 is 1.71 bits per heavy atom. The molecule has 180 valence electrons. The Balaban J connectivity index is 1.54. The lowest BCUT2D eigenvalue weighted by molar-refractivity contribution is -0.137. The lowest BCUT2D eigenvalue weighted by Crippen LogP contribution is -2.10. The van der Waals surface area contributed by atoms with Gasteiger partial charge in [0.05, 0.1) is 5.52 Å². The van der Waals surface area contributed by atoms with Gasteiger partial charge in [-0.2, -0.15) is 5.10 Å². The van der Waals surface area contributed by atoms with E-state index in [4.69, 9.17) is 5.11 Å². The standard InChI is InChI=1S/C26H33N5O3/c1-3-4-5-6-7-8-9-10-11-14-27-26-28-16-21(17-29-26)20-12-13-23-22(15-20)25(19(2)32)30-31(23)18-24(33)34/h3,12-13,15-17H,1,4-11,14,18H2,2H3,(H,33,34)(H,27,28,29). The summed E-state index contributed by atoms with van der Waals surface area (Å²) in [5.41, 5.74) is 2.51. The number of ketones is 1. The highest BCUT2D eigenvalue weighted by Crippen LogP contribution is 2.26. The lowest BCUT2D eigenvalue weighted by Gasteiger charge is -2.07. The van der Waals surface area contributed by atoms with Crippen molar-refractivity contribution < 1.29 is 14.7 Å². The van der Waals surface area contributed by atoms with Gasteiger partial charge in [0.2, 0.25) is 5.95 Å². The van der Waals surface area contributed by atoms with Crippen LogP contribution in [0, 0.1) is 0 Å². The minimum atomic E-state index is -1.01. The minimum Gasteiger partial charge on any atom is -0.480 e. The number of aliphatic carboxylic acids is 1. The molecule has 0 aliphatic rings. The quantitative estimate of drug-likeness (QED) is 0.174. The molecule has 0 aliphatic carbocycles. The summed E-state index contributed by atoms with van der Waals surface area (Å²) >= 11 is 0. The fourth-order valence-electron chi connectivity index (χ4n) is 3.93. The van der Waals surface area contributed by atoms with Crippen LogP contribution in [0.4, 0.5) is 5.95 Å². The van der Waals surface area contributed by atoms with Crippen molar-refractivity contribution in [1.29, 1.82) is 0 Å². The molecular weight excluding hydrogens is 430 g/mol. The summed E-state index contributed by atoms with van der Waals surface area (Å²) in [5.74, 6) is -0.637.